The topological polar surface area (TPSA) is 42.7 Å². The van der Waals surface area contributed by atoms with Crippen LogP contribution in [0.4, 0.5) is 0 Å². The van der Waals surface area contributed by atoms with E-state index < -0.39 is 0 Å². The van der Waals surface area contributed by atoms with Crippen LogP contribution in [0.3, 0.4) is 0 Å². The van der Waals surface area contributed by atoms with Gasteiger partial charge in [0, 0.05) is 30.7 Å². The van der Waals surface area contributed by atoms with Gasteiger partial charge < -0.3 is 5.32 Å². The first-order chi connectivity index (χ1) is 9.15. The summed E-state index contributed by atoms with van der Waals surface area (Å²) in [7, 11) is 0. The summed E-state index contributed by atoms with van der Waals surface area (Å²) in [6.45, 7) is 8.98. The lowest BCUT2D eigenvalue weighted by Gasteiger charge is -2.06. The van der Waals surface area contributed by atoms with Crippen molar-refractivity contribution < 1.29 is 0 Å². The van der Waals surface area contributed by atoms with E-state index in [1.54, 1.807) is 0 Å². The number of aryl methyl sites for hydroxylation is 4. The minimum Gasteiger partial charge on any atom is -0.313 e. The largest absolute Gasteiger partial charge is 0.313 e. The molecule has 0 saturated heterocycles. The molecule has 0 unspecified atom stereocenters. The van der Waals surface area contributed by atoms with Gasteiger partial charge in [0.15, 0.2) is 0 Å². The standard InChI is InChI=1S/C15H22N4/c1-12-5-6-15(11-17-12)10-16-7-4-8-19-14(3)9-13(2)18-19/h5-6,9,11,16H,4,7-8,10H2,1-3H3. The van der Waals surface area contributed by atoms with Crippen molar-refractivity contribution in [3.63, 3.8) is 0 Å². The fourth-order valence-corrected chi connectivity index (χ4v) is 2.09. The minimum absolute atomic E-state index is 0.879. The van der Waals surface area contributed by atoms with Crippen molar-refractivity contribution in [3.8, 4) is 0 Å². The molecular weight excluding hydrogens is 236 g/mol. The predicted molar refractivity (Wildman–Crippen MR) is 77.0 cm³/mol. The van der Waals surface area contributed by atoms with Crippen molar-refractivity contribution in [3.05, 3.63) is 47.0 Å². The van der Waals surface area contributed by atoms with E-state index in [0.29, 0.717) is 0 Å². The molecule has 2 rings (SSSR count). The number of rotatable bonds is 6. The van der Waals surface area contributed by atoms with Gasteiger partial charge in [-0.25, -0.2) is 0 Å². The zero-order valence-corrected chi connectivity index (χ0v) is 12.0. The molecule has 1 N–H and O–H groups in total. The van der Waals surface area contributed by atoms with E-state index in [0.717, 1.165) is 37.4 Å². The molecule has 2 aromatic heterocycles. The molecule has 0 amide bonds. The molecule has 4 heteroatoms. The summed E-state index contributed by atoms with van der Waals surface area (Å²) in [5.41, 5.74) is 4.63. The zero-order chi connectivity index (χ0) is 13.7. The molecule has 0 atom stereocenters. The van der Waals surface area contributed by atoms with E-state index in [9.17, 15) is 0 Å². The molecule has 0 radical (unpaired) electrons. The molecule has 0 bridgehead atoms. The highest BCUT2D eigenvalue weighted by atomic mass is 15.3. The van der Waals surface area contributed by atoms with Gasteiger partial charge in [0.2, 0.25) is 0 Å². The van der Waals surface area contributed by atoms with E-state index in [2.05, 4.69) is 39.1 Å². The lowest BCUT2D eigenvalue weighted by atomic mass is 10.2. The molecule has 0 saturated carbocycles. The van der Waals surface area contributed by atoms with Gasteiger partial charge in [-0.15, -0.1) is 0 Å². The first kappa shape index (κ1) is 13.7. The van der Waals surface area contributed by atoms with Gasteiger partial charge in [-0.05, 0) is 51.4 Å². The first-order valence-electron chi connectivity index (χ1n) is 6.78. The molecule has 0 aliphatic rings. The number of hydrogen-bond donors (Lipinski definition) is 1. The van der Waals surface area contributed by atoms with Gasteiger partial charge >= 0.3 is 0 Å². The zero-order valence-electron chi connectivity index (χ0n) is 12.0. The number of nitrogens with zero attached hydrogens (tertiary/aromatic N) is 3. The van der Waals surface area contributed by atoms with Gasteiger partial charge in [-0.1, -0.05) is 6.07 Å². The molecule has 0 aromatic carbocycles. The van der Waals surface area contributed by atoms with E-state index in [4.69, 9.17) is 0 Å². The second kappa shape index (κ2) is 6.48. The molecule has 19 heavy (non-hydrogen) atoms. The lowest BCUT2D eigenvalue weighted by molar-refractivity contribution is 0.532. The van der Waals surface area contributed by atoms with Crippen molar-refractivity contribution in [2.45, 2.75) is 40.3 Å². The molecule has 0 aliphatic heterocycles. The van der Waals surface area contributed by atoms with Gasteiger partial charge in [-0.2, -0.15) is 5.10 Å². The molecule has 2 aromatic rings. The maximum absolute atomic E-state index is 4.45. The Morgan fingerprint density at radius 2 is 2.00 bits per heavy atom. The summed E-state index contributed by atoms with van der Waals surface area (Å²) in [6, 6.07) is 6.29. The van der Waals surface area contributed by atoms with Gasteiger partial charge in [0.25, 0.3) is 0 Å². The Morgan fingerprint density at radius 3 is 2.63 bits per heavy atom. The molecule has 0 fully saturated rings. The normalized spacial score (nSPS) is 10.9. The summed E-state index contributed by atoms with van der Waals surface area (Å²) in [4.78, 5) is 4.29. The van der Waals surface area contributed by atoms with Gasteiger partial charge in [0.1, 0.15) is 0 Å². The number of aromatic nitrogens is 3. The van der Waals surface area contributed by atoms with Crippen LogP contribution in [0.5, 0.6) is 0 Å². The van der Waals surface area contributed by atoms with Crippen LogP contribution in [0.2, 0.25) is 0 Å². The van der Waals surface area contributed by atoms with E-state index >= 15 is 0 Å². The lowest BCUT2D eigenvalue weighted by Crippen LogP contribution is -2.17. The van der Waals surface area contributed by atoms with Crippen LogP contribution in [0.1, 0.15) is 29.1 Å². The Labute approximate surface area is 114 Å². The smallest absolute Gasteiger partial charge is 0.0596 e. The summed E-state index contributed by atoms with van der Waals surface area (Å²) < 4.78 is 2.07. The van der Waals surface area contributed by atoms with Crippen molar-refractivity contribution in [2.24, 2.45) is 0 Å². The van der Waals surface area contributed by atoms with Crippen LogP contribution in [0.25, 0.3) is 0 Å². The highest BCUT2D eigenvalue weighted by Crippen LogP contribution is 2.02. The number of nitrogens with one attached hydrogen (secondary N) is 1. The number of hydrogen-bond acceptors (Lipinski definition) is 3. The quantitative estimate of drug-likeness (QED) is 0.809. The van der Waals surface area contributed by atoms with Crippen LogP contribution >= 0.6 is 0 Å². The number of pyridine rings is 1. The molecular formula is C15H22N4. The summed E-state index contributed by atoms with van der Waals surface area (Å²) in [5.74, 6) is 0. The second-order valence-electron chi connectivity index (χ2n) is 4.99. The van der Waals surface area contributed by atoms with Gasteiger partial charge in [0.05, 0.1) is 5.69 Å². The summed E-state index contributed by atoms with van der Waals surface area (Å²) >= 11 is 0. The van der Waals surface area contributed by atoms with Crippen molar-refractivity contribution in [2.75, 3.05) is 6.54 Å². The predicted octanol–water partition coefficient (Wildman–Crippen LogP) is 2.38. The van der Waals surface area contributed by atoms with Crippen molar-refractivity contribution in [1.82, 2.24) is 20.1 Å². The van der Waals surface area contributed by atoms with Crippen LogP contribution in [0.15, 0.2) is 24.4 Å². The fraction of sp³-hybridized carbons (Fsp3) is 0.467. The second-order valence-corrected chi connectivity index (χ2v) is 4.99. The third-order valence-electron chi connectivity index (χ3n) is 3.13. The third kappa shape index (κ3) is 4.17. The maximum atomic E-state index is 4.45. The van der Waals surface area contributed by atoms with E-state index in [-0.39, 0.29) is 0 Å². The fourth-order valence-electron chi connectivity index (χ4n) is 2.09. The molecule has 4 nitrogen and oxygen atoms in total. The highest BCUT2D eigenvalue weighted by Gasteiger charge is 2.00. The maximum Gasteiger partial charge on any atom is 0.0596 e. The third-order valence-corrected chi connectivity index (χ3v) is 3.13. The summed E-state index contributed by atoms with van der Waals surface area (Å²) in [6.07, 6.45) is 3.02. The molecule has 0 aliphatic carbocycles. The van der Waals surface area contributed by atoms with E-state index in [1.165, 1.54) is 11.3 Å². The highest BCUT2D eigenvalue weighted by molar-refractivity contribution is 5.12. The Morgan fingerprint density at radius 1 is 1.16 bits per heavy atom. The minimum atomic E-state index is 0.879. The van der Waals surface area contributed by atoms with Crippen LogP contribution in [-0.2, 0) is 13.1 Å². The molecule has 2 heterocycles. The van der Waals surface area contributed by atoms with Crippen LogP contribution in [0, 0.1) is 20.8 Å². The Balaban J connectivity index is 1.67. The molecule has 0 spiro atoms. The SMILES string of the molecule is Cc1ccc(CNCCCn2nc(C)cc2C)cn1. The average Bonchev–Trinajstić information content (AvgIpc) is 2.70. The van der Waals surface area contributed by atoms with Crippen molar-refractivity contribution in [1.29, 1.82) is 0 Å². The van der Waals surface area contributed by atoms with E-state index in [1.807, 2.05) is 26.1 Å². The first-order valence-corrected chi connectivity index (χ1v) is 6.78. The molecule has 102 valence electrons. The van der Waals surface area contributed by atoms with Gasteiger partial charge in [-0.3, -0.25) is 9.67 Å². The average molecular weight is 258 g/mol. The Hall–Kier alpha value is -1.68. The van der Waals surface area contributed by atoms with Crippen molar-refractivity contribution >= 4 is 0 Å². The van der Waals surface area contributed by atoms with Crippen LogP contribution < -0.4 is 5.32 Å². The Kier molecular flexibility index (Phi) is 4.68. The Bertz CT molecular complexity index is 513. The monoisotopic (exact) mass is 258 g/mol. The summed E-state index contributed by atoms with van der Waals surface area (Å²) in [5, 5.41) is 7.89. The van der Waals surface area contributed by atoms with Crippen LogP contribution in [-0.4, -0.2) is 21.3 Å².